The Morgan fingerprint density at radius 3 is 2.20 bits per heavy atom. The van der Waals surface area contributed by atoms with Crippen molar-refractivity contribution < 1.29 is 31.5 Å². The van der Waals surface area contributed by atoms with Crippen LogP contribution in [0.4, 0.5) is 22.0 Å². The first-order valence-electron chi connectivity index (χ1n) is 3.90. The molecule has 1 aromatic rings. The lowest BCUT2D eigenvalue weighted by Gasteiger charge is -2.31. The zero-order chi connectivity index (χ0) is 11.6. The number of halogens is 5. The summed E-state index contributed by atoms with van der Waals surface area (Å²) in [6.07, 6.45) is -5.48. The van der Waals surface area contributed by atoms with Crippen molar-refractivity contribution in [2.45, 2.75) is 24.6 Å². The van der Waals surface area contributed by atoms with E-state index in [0.717, 1.165) is 6.07 Å². The molecule has 1 atom stereocenters. The van der Waals surface area contributed by atoms with Gasteiger partial charge in [-0.25, -0.2) is 0 Å². The number of hydrogen-bond donors (Lipinski definition) is 1. The first-order chi connectivity index (χ1) is 6.62. The Kier molecular flexibility index (Phi) is 1.63. The summed E-state index contributed by atoms with van der Waals surface area (Å²) in [5.41, 5.74) is -4.33. The highest BCUT2D eigenvalue weighted by atomic mass is 19.4. The van der Waals surface area contributed by atoms with Gasteiger partial charge in [0.15, 0.2) is 11.5 Å². The number of aryl methyl sites for hydroxylation is 1. The molecule has 2 rings (SSSR count). The summed E-state index contributed by atoms with van der Waals surface area (Å²) in [5.74, 6) is -6.75. The van der Waals surface area contributed by atoms with Gasteiger partial charge in [-0.3, -0.25) is 0 Å². The van der Waals surface area contributed by atoms with Gasteiger partial charge in [0.1, 0.15) is 0 Å². The van der Waals surface area contributed by atoms with Gasteiger partial charge in [0, 0.05) is 0 Å². The zero-order valence-corrected chi connectivity index (χ0v) is 7.32. The van der Waals surface area contributed by atoms with Crippen LogP contribution in [0.5, 0.6) is 0 Å². The Balaban J connectivity index is 2.68. The average molecular weight is 228 g/mol. The van der Waals surface area contributed by atoms with E-state index in [9.17, 15) is 22.0 Å². The van der Waals surface area contributed by atoms with Crippen molar-refractivity contribution in [2.24, 2.45) is 0 Å². The summed E-state index contributed by atoms with van der Waals surface area (Å²) in [6.45, 7) is 1.19. The highest BCUT2D eigenvalue weighted by Gasteiger charge is 2.77. The van der Waals surface area contributed by atoms with Crippen LogP contribution in [0.1, 0.15) is 17.1 Å². The van der Waals surface area contributed by atoms with E-state index in [1.807, 2.05) is 0 Å². The van der Waals surface area contributed by atoms with Crippen LogP contribution in [0.2, 0.25) is 0 Å². The summed E-state index contributed by atoms with van der Waals surface area (Å²) >= 11 is 0. The van der Waals surface area contributed by atoms with Crippen LogP contribution in [0.3, 0.4) is 0 Å². The van der Waals surface area contributed by atoms with Gasteiger partial charge in [0.05, 0.1) is 0 Å². The van der Waals surface area contributed by atoms with Crippen molar-refractivity contribution in [3.8, 4) is 0 Å². The van der Waals surface area contributed by atoms with Crippen molar-refractivity contribution in [2.75, 3.05) is 0 Å². The highest BCUT2D eigenvalue weighted by Crippen LogP contribution is 2.60. The average Bonchev–Trinajstić information content (AvgIpc) is 2.49. The third kappa shape index (κ3) is 0.914. The second-order valence-corrected chi connectivity index (χ2v) is 3.41. The molecule has 2 heterocycles. The minimum Gasteiger partial charge on any atom is -0.456 e. The van der Waals surface area contributed by atoms with Crippen LogP contribution in [-0.2, 0) is 11.5 Å². The highest BCUT2D eigenvalue weighted by molar-refractivity contribution is 5.38. The van der Waals surface area contributed by atoms with Gasteiger partial charge in [0.2, 0.25) is 0 Å². The van der Waals surface area contributed by atoms with E-state index < -0.39 is 29.2 Å². The molecule has 1 aromatic heterocycles. The third-order valence-electron chi connectivity index (χ3n) is 2.42. The number of rotatable bonds is 0. The fraction of sp³-hybridized carbons (Fsp3) is 0.500. The largest absolute Gasteiger partial charge is 0.456 e. The second kappa shape index (κ2) is 2.34. The maximum atomic E-state index is 13.2. The molecule has 1 unspecified atom stereocenters. The van der Waals surface area contributed by atoms with Gasteiger partial charge < -0.3 is 9.52 Å². The molecule has 0 spiro atoms. The molecule has 0 aliphatic carbocycles. The monoisotopic (exact) mass is 228 g/mol. The fourth-order valence-electron chi connectivity index (χ4n) is 1.61. The first kappa shape index (κ1) is 10.4. The van der Waals surface area contributed by atoms with Crippen molar-refractivity contribution >= 4 is 0 Å². The van der Waals surface area contributed by atoms with E-state index in [0.29, 0.717) is 0 Å². The lowest BCUT2D eigenvalue weighted by molar-refractivity contribution is -0.342. The molecular formula is C8H5F5O2. The molecular weight excluding hydrogens is 223 g/mol. The minimum atomic E-state index is -5.48. The molecule has 0 saturated carbocycles. The smallest absolute Gasteiger partial charge is 0.431 e. The number of alkyl halides is 5. The van der Waals surface area contributed by atoms with Crippen LogP contribution >= 0.6 is 0 Å². The number of hydrogen-bond acceptors (Lipinski definition) is 2. The normalized spacial score (nSPS) is 28.5. The SMILES string of the molecule is Cc1cc2oc1C(F)(F)C2(O)C(F)(F)F. The molecule has 1 N–H and O–H groups in total. The topological polar surface area (TPSA) is 33.4 Å². The summed E-state index contributed by atoms with van der Waals surface area (Å²) in [6, 6.07) is 0.764. The lowest BCUT2D eigenvalue weighted by Crippen LogP contribution is -2.52. The maximum Gasteiger partial charge on any atom is 0.431 e. The van der Waals surface area contributed by atoms with Crippen LogP contribution in [0.15, 0.2) is 10.5 Å². The maximum absolute atomic E-state index is 13.2. The van der Waals surface area contributed by atoms with E-state index in [2.05, 4.69) is 4.42 Å². The predicted molar refractivity (Wildman–Crippen MR) is 37.3 cm³/mol. The van der Waals surface area contributed by atoms with Crippen LogP contribution < -0.4 is 0 Å². The van der Waals surface area contributed by atoms with Crippen molar-refractivity contribution in [3.63, 3.8) is 0 Å². The summed E-state index contributed by atoms with van der Waals surface area (Å²) < 4.78 is 67.8. The van der Waals surface area contributed by atoms with Crippen LogP contribution in [0, 0.1) is 6.92 Å². The van der Waals surface area contributed by atoms with Gasteiger partial charge in [-0.1, -0.05) is 0 Å². The first-order valence-corrected chi connectivity index (χ1v) is 3.90. The van der Waals surface area contributed by atoms with E-state index in [-0.39, 0.29) is 5.56 Å². The molecule has 7 heteroatoms. The Morgan fingerprint density at radius 1 is 1.33 bits per heavy atom. The van der Waals surface area contributed by atoms with Crippen LogP contribution in [0.25, 0.3) is 0 Å². The Labute approximate surface area is 80.3 Å². The van der Waals surface area contributed by atoms with Gasteiger partial charge in [-0.15, -0.1) is 0 Å². The number of fused-ring (bicyclic) bond motifs is 2. The molecule has 0 amide bonds. The third-order valence-corrected chi connectivity index (χ3v) is 2.42. The molecule has 2 nitrogen and oxygen atoms in total. The number of aliphatic hydroxyl groups is 1. The number of furan rings is 1. The predicted octanol–water partition coefficient (Wildman–Crippen LogP) is 2.44. The van der Waals surface area contributed by atoms with E-state index in [1.165, 1.54) is 6.92 Å². The van der Waals surface area contributed by atoms with Gasteiger partial charge in [-0.2, -0.15) is 22.0 Å². The molecule has 84 valence electrons. The molecule has 0 aromatic carbocycles. The molecule has 15 heavy (non-hydrogen) atoms. The minimum absolute atomic E-state index is 0.107. The molecule has 1 aliphatic rings. The molecule has 0 radical (unpaired) electrons. The van der Waals surface area contributed by atoms with Crippen molar-refractivity contribution in [1.82, 2.24) is 0 Å². The Hall–Kier alpha value is -1.11. The fourth-order valence-corrected chi connectivity index (χ4v) is 1.61. The molecule has 2 bridgehead atoms. The molecule has 0 fully saturated rings. The van der Waals surface area contributed by atoms with Gasteiger partial charge in [-0.05, 0) is 18.6 Å². The summed E-state index contributed by atoms with van der Waals surface area (Å²) in [4.78, 5) is 0. The van der Waals surface area contributed by atoms with Crippen molar-refractivity contribution in [1.29, 1.82) is 0 Å². The summed E-state index contributed by atoms with van der Waals surface area (Å²) in [7, 11) is 0. The zero-order valence-electron chi connectivity index (χ0n) is 7.32. The Morgan fingerprint density at radius 2 is 1.87 bits per heavy atom. The van der Waals surface area contributed by atoms with Gasteiger partial charge in [0.25, 0.3) is 5.60 Å². The van der Waals surface area contributed by atoms with E-state index >= 15 is 0 Å². The van der Waals surface area contributed by atoms with Crippen LogP contribution in [-0.4, -0.2) is 11.3 Å². The lowest BCUT2D eigenvalue weighted by atomic mass is 9.87. The standard InChI is InChI=1S/C8H5F5O2/c1-3-2-4-6(14,8(11,12)13)7(9,10)5(3)15-4/h2,14H,1H3. The summed E-state index contributed by atoms with van der Waals surface area (Å²) in [5, 5.41) is 9.06. The molecule has 0 saturated heterocycles. The quantitative estimate of drug-likeness (QED) is 0.692. The van der Waals surface area contributed by atoms with E-state index in [4.69, 9.17) is 5.11 Å². The van der Waals surface area contributed by atoms with E-state index in [1.54, 1.807) is 0 Å². The Bertz CT molecular complexity index is 419. The second-order valence-electron chi connectivity index (χ2n) is 3.41. The van der Waals surface area contributed by atoms with Crippen molar-refractivity contribution in [3.05, 3.63) is 23.2 Å². The van der Waals surface area contributed by atoms with Gasteiger partial charge >= 0.3 is 12.1 Å². The molecule has 1 aliphatic heterocycles.